The van der Waals surface area contributed by atoms with Gasteiger partial charge in [0, 0.05) is 15.5 Å². The fourth-order valence-electron chi connectivity index (χ4n) is 3.45. The zero-order chi connectivity index (χ0) is 23.3. The number of carbonyl (C=O) groups excluding carboxylic acids is 3. The number of carbonyl (C=O) groups is 3. The molecule has 0 radical (unpaired) electrons. The van der Waals surface area contributed by atoms with Crippen molar-refractivity contribution >= 4 is 51.9 Å². The van der Waals surface area contributed by atoms with Crippen LogP contribution in [0.4, 0.5) is 9.80 Å². The fraction of sp³-hybridized carbons (Fsp3) is 0.318. The molecule has 1 fully saturated rings. The molecule has 7 N–H and O–H groups in total. The lowest BCUT2D eigenvalue weighted by Crippen LogP contribution is -2.33. The van der Waals surface area contributed by atoms with Gasteiger partial charge in [-0.15, -0.1) is 11.3 Å². The lowest BCUT2D eigenvalue weighted by molar-refractivity contribution is -0.150. The fourth-order valence-corrected chi connectivity index (χ4v) is 4.90. The highest BCUT2D eigenvalue weighted by Crippen LogP contribution is 2.39. The number of nitrogens with two attached hydrogens (primary N) is 3. The minimum absolute atomic E-state index is 0.00472. The van der Waals surface area contributed by atoms with Gasteiger partial charge in [0.15, 0.2) is 0 Å². The first-order valence-corrected chi connectivity index (χ1v) is 11.4. The van der Waals surface area contributed by atoms with Crippen LogP contribution in [-0.4, -0.2) is 30.1 Å². The van der Waals surface area contributed by atoms with Crippen LogP contribution in [0.3, 0.4) is 0 Å². The van der Waals surface area contributed by atoms with E-state index in [2.05, 4.69) is 5.32 Å². The first-order valence-electron chi connectivity index (χ1n) is 10.2. The van der Waals surface area contributed by atoms with Crippen molar-refractivity contribution in [3.8, 4) is 10.4 Å². The highest BCUT2D eigenvalue weighted by Gasteiger charge is 2.22. The third-order valence-corrected chi connectivity index (χ3v) is 6.48. The van der Waals surface area contributed by atoms with Crippen LogP contribution >= 0.6 is 22.9 Å². The molecule has 0 saturated heterocycles. The average molecular weight is 477 g/mol. The molecule has 1 heterocycles. The van der Waals surface area contributed by atoms with E-state index < -0.39 is 18.0 Å². The molecule has 10 heteroatoms. The number of rotatable bonds is 8. The number of anilines is 1. The molecule has 32 heavy (non-hydrogen) atoms. The number of amides is 3. The van der Waals surface area contributed by atoms with E-state index >= 15 is 0 Å². The molecule has 1 aromatic carbocycles. The molecule has 8 nitrogen and oxygen atoms in total. The van der Waals surface area contributed by atoms with Crippen LogP contribution in [0.15, 0.2) is 30.3 Å². The van der Waals surface area contributed by atoms with E-state index in [0.29, 0.717) is 21.9 Å². The predicted octanol–water partition coefficient (Wildman–Crippen LogP) is 3.87. The minimum atomic E-state index is -0.794. The normalized spacial score (nSPS) is 15.1. The molecule has 0 spiro atoms. The molecule has 3 amide bonds. The quantitative estimate of drug-likeness (QED) is 0.426. The summed E-state index contributed by atoms with van der Waals surface area (Å²) in [7, 11) is 0. The summed E-state index contributed by atoms with van der Waals surface area (Å²) in [6.45, 7) is 0. The van der Waals surface area contributed by atoms with Crippen molar-refractivity contribution in [3.05, 3.63) is 46.5 Å². The van der Waals surface area contributed by atoms with E-state index in [4.69, 9.17) is 33.5 Å². The zero-order valence-electron chi connectivity index (χ0n) is 17.3. The maximum absolute atomic E-state index is 12.1. The molecule has 1 atom stereocenters. The van der Waals surface area contributed by atoms with E-state index in [0.717, 1.165) is 42.6 Å². The summed E-state index contributed by atoms with van der Waals surface area (Å²) in [5, 5.41) is 3.11. The number of esters is 1. The smallest absolute Gasteiger partial charge is 0.323 e. The lowest BCUT2D eigenvalue weighted by atomic mass is 10.1. The Balaban J connectivity index is 1.66. The Morgan fingerprint density at radius 3 is 2.56 bits per heavy atom. The van der Waals surface area contributed by atoms with E-state index in [1.54, 1.807) is 24.3 Å². The third kappa shape index (κ3) is 6.09. The molecule has 1 aliphatic rings. The van der Waals surface area contributed by atoms with Gasteiger partial charge in [0.05, 0.1) is 5.56 Å². The Morgan fingerprint density at radius 2 is 1.94 bits per heavy atom. The second kappa shape index (κ2) is 10.6. The average Bonchev–Trinajstić information content (AvgIpc) is 3.37. The Hall–Kier alpha value is -2.88. The van der Waals surface area contributed by atoms with E-state index in [9.17, 15) is 14.4 Å². The Morgan fingerprint density at radius 1 is 1.22 bits per heavy atom. The number of urea groups is 1. The molecule has 1 aromatic heterocycles. The van der Waals surface area contributed by atoms with Gasteiger partial charge in [0.2, 0.25) is 0 Å². The second-order valence-corrected chi connectivity index (χ2v) is 8.99. The summed E-state index contributed by atoms with van der Waals surface area (Å²) < 4.78 is 5.43. The molecule has 2 aromatic rings. The van der Waals surface area contributed by atoms with Gasteiger partial charge in [-0.05, 0) is 49.8 Å². The van der Waals surface area contributed by atoms with Gasteiger partial charge in [-0.25, -0.2) is 4.79 Å². The van der Waals surface area contributed by atoms with Crippen molar-refractivity contribution < 1.29 is 19.1 Å². The number of thiophene rings is 1. The van der Waals surface area contributed by atoms with Crippen molar-refractivity contribution in [2.45, 2.75) is 44.2 Å². The van der Waals surface area contributed by atoms with Gasteiger partial charge < -0.3 is 21.9 Å². The lowest BCUT2D eigenvalue weighted by Gasteiger charge is -2.14. The molecule has 170 valence electrons. The largest absolute Gasteiger partial charge is 0.461 e. The maximum Gasteiger partial charge on any atom is 0.323 e. The van der Waals surface area contributed by atoms with Crippen molar-refractivity contribution in [2.75, 3.05) is 5.32 Å². The number of halogens is 1. The van der Waals surface area contributed by atoms with Crippen LogP contribution < -0.4 is 22.5 Å². The molecular formula is C22H25ClN4O4S. The van der Waals surface area contributed by atoms with Gasteiger partial charge in [0.1, 0.15) is 17.1 Å². The monoisotopic (exact) mass is 476 g/mol. The standard InChI is InChI=1S/C22H25ClN4O4S/c23-16-10-12(4-3-7-17(24)21(29)31-13-5-1-2-6-13)8-9-14(16)18-11-15(19(25)28)20(32-18)27-22(26)30/h3-4,8-11,13,17H,1-2,5-7,24H2,(H2,25,28)(H3,26,27,30)/t17-/m0/s1. The van der Waals surface area contributed by atoms with E-state index in [1.807, 2.05) is 12.1 Å². The van der Waals surface area contributed by atoms with Crippen molar-refractivity contribution in [1.82, 2.24) is 0 Å². The summed E-state index contributed by atoms with van der Waals surface area (Å²) in [5.41, 5.74) is 18.1. The van der Waals surface area contributed by atoms with Crippen molar-refractivity contribution in [1.29, 1.82) is 0 Å². The first-order chi connectivity index (χ1) is 15.2. The predicted molar refractivity (Wildman–Crippen MR) is 126 cm³/mol. The number of hydrogen-bond donors (Lipinski definition) is 4. The molecule has 1 aliphatic carbocycles. The highest BCUT2D eigenvalue weighted by atomic mass is 35.5. The maximum atomic E-state index is 12.1. The van der Waals surface area contributed by atoms with Crippen LogP contribution in [0.25, 0.3) is 16.5 Å². The number of primary amides is 2. The summed E-state index contributed by atoms with van der Waals surface area (Å²) in [6.07, 6.45) is 7.95. The van der Waals surface area contributed by atoms with Gasteiger partial charge in [0.25, 0.3) is 5.91 Å². The van der Waals surface area contributed by atoms with Gasteiger partial charge in [-0.3, -0.25) is 14.9 Å². The molecule has 1 saturated carbocycles. The van der Waals surface area contributed by atoms with Crippen LogP contribution in [0.1, 0.15) is 48.0 Å². The van der Waals surface area contributed by atoms with Crippen LogP contribution in [0, 0.1) is 0 Å². The van der Waals surface area contributed by atoms with Crippen molar-refractivity contribution in [2.24, 2.45) is 17.2 Å². The third-order valence-electron chi connectivity index (χ3n) is 5.08. The molecular weight excluding hydrogens is 452 g/mol. The Kier molecular flexibility index (Phi) is 7.89. The summed E-state index contributed by atoms with van der Waals surface area (Å²) in [4.78, 5) is 35.6. The number of nitrogens with one attached hydrogen (secondary N) is 1. The molecule has 3 rings (SSSR count). The highest BCUT2D eigenvalue weighted by molar-refractivity contribution is 7.20. The topological polar surface area (TPSA) is 151 Å². The van der Waals surface area contributed by atoms with Gasteiger partial charge >= 0.3 is 12.0 Å². The van der Waals surface area contributed by atoms with Crippen LogP contribution in [0.2, 0.25) is 5.02 Å². The van der Waals surface area contributed by atoms with Crippen LogP contribution in [-0.2, 0) is 9.53 Å². The van der Waals surface area contributed by atoms with Crippen LogP contribution in [0.5, 0.6) is 0 Å². The molecule has 0 bridgehead atoms. The molecule has 0 aliphatic heterocycles. The Bertz CT molecular complexity index is 1050. The van der Waals surface area contributed by atoms with E-state index in [-0.39, 0.29) is 22.6 Å². The summed E-state index contributed by atoms with van der Waals surface area (Å²) in [5.74, 6) is -1.06. The summed E-state index contributed by atoms with van der Waals surface area (Å²) in [6, 6.07) is 5.44. The zero-order valence-corrected chi connectivity index (χ0v) is 18.9. The SMILES string of the molecule is NC(=O)Nc1sc(-c2ccc(C=CC[C@H](N)C(=O)OC3CCCC3)cc2Cl)cc1C(N)=O. The van der Waals surface area contributed by atoms with Gasteiger partial charge in [-0.1, -0.05) is 35.9 Å². The number of ether oxygens (including phenoxy) is 1. The van der Waals surface area contributed by atoms with Crippen molar-refractivity contribution in [3.63, 3.8) is 0 Å². The summed E-state index contributed by atoms with van der Waals surface area (Å²) >= 11 is 7.59. The molecule has 0 unspecified atom stereocenters. The minimum Gasteiger partial charge on any atom is -0.461 e. The Labute approximate surface area is 194 Å². The van der Waals surface area contributed by atoms with Gasteiger partial charge in [-0.2, -0.15) is 0 Å². The number of benzene rings is 1. The second-order valence-electron chi connectivity index (χ2n) is 7.53. The van der Waals surface area contributed by atoms with E-state index in [1.165, 1.54) is 0 Å². The first kappa shape index (κ1) is 23.8. The number of hydrogen-bond acceptors (Lipinski definition) is 6.